The minimum absolute atomic E-state index is 0.211. The summed E-state index contributed by atoms with van der Waals surface area (Å²) in [4.78, 5) is 33.2. The van der Waals surface area contributed by atoms with Crippen molar-refractivity contribution < 1.29 is 14.3 Å². The minimum Gasteiger partial charge on any atom is -0.461 e. The molecule has 2 aromatic heterocycles. The Morgan fingerprint density at radius 1 is 1.38 bits per heavy atom. The van der Waals surface area contributed by atoms with Gasteiger partial charge in [0.15, 0.2) is 5.01 Å². The summed E-state index contributed by atoms with van der Waals surface area (Å²) in [5, 5.41) is 3.42. The average Bonchev–Trinajstić information content (AvgIpc) is 3.23. The number of nitrogens with one attached hydrogen (secondary N) is 1. The smallest absolute Gasteiger partial charge is 0.330 e. The van der Waals surface area contributed by atoms with Crippen molar-refractivity contribution >= 4 is 45.0 Å². The van der Waals surface area contributed by atoms with E-state index in [1.807, 2.05) is 6.07 Å². The summed E-state index contributed by atoms with van der Waals surface area (Å²) in [5.74, 6) is -0.964. The largest absolute Gasteiger partial charge is 0.461 e. The van der Waals surface area contributed by atoms with Crippen molar-refractivity contribution in [2.75, 3.05) is 0 Å². The number of carbonyl (C=O) groups excluding carboxylic acids is 2. The lowest BCUT2D eigenvalue weighted by Crippen LogP contribution is -2.45. The molecular formula is C17H17ClN4O3S. The van der Waals surface area contributed by atoms with Crippen LogP contribution >= 0.6 is 22.9 Å². The van der Waals surface area contributed by atoms with Gasteiger partial charge in [-0.25, -0.2) is 14.8 Å². The Balaban J connectivity index is 1.80. The average molecular weight is 393 g/mol. The molecule has 1 aromatic carbocycles. The number of amides is 1. The van der Waals surface area contributed by atoms with Crippen molar-refractivity contribution in [2.45, 2.75) is 32.5 Å². The zero-order chi connectivity index (χ0) is 18.7. The zero-order valence-corrected chi connectivity index (χ0v) is 15.8. The number of esters is 1. The first kappa shape index (κ1) is 18.3. The molecule has 0 radical (unpaired) electrons. The molecule has 0 saturated heterocycles. The maximum Gasteiger partial charge on any atom is 0.330 e. The standard InChI is InChI=1S/C17H17ClN4O3S/c1-10(2)25-17(24)12(8-22-7-6-19-9-22)20-15(23)16-21-14-11(18)4-3-5-13(14)26-16/h3-7,9-10,12H,8H2,1-2H3,(H,20,23). The van der Waals surface area contributed by atoms with Crippen LogP contribution in [0.25, 0.3) is 10.2 Å². The van der Waals surface area contributed by atoms with Crippen molar-refractivity contribution in [2.24, 2.45) is 0 Å². The van der Waals surface area contributed by atoms with E-state index in [4.69, 9.17) is 16.3 Å². The van der Waals surface area contributed by atoms with Crippen molar-refractivity contribution in [1.29, 1.82) is 0 Å². The second kappa shape index (κ2) is 7.84. The van der Waals surface area contributed by atoms with Crippen LogP contribution in [0.1, 0.15) is 23.6 Å². The van der Waals surface area contributed by atoms with Gasteiger partial charge < -0.3 is 14.6 Å². The fourth-order valence-electron chi connectivity index (χ4n) is 2.33. The van der Waals surface area contributed by atoms with Crippen LogP contribution in [0.5, 0.6) is 0 Å². The summed E-state index contributed by atoms with van der Waals surface area (Å²) in [6.07, 6.45) is 4.59. The number of nitrogens with zero attached hydrogens (tertiary/aromatic N) is 3. The Labute approximate surface area is 159 Å². The van der Waals surface area contributed by atoms with Gasteiger partial charge in [-0.15, -0.1) is 11.3 Å². The minimum atomic E-state index is -0.860. The Kier molecular flexibility index (Phi) is 5.53. The molecule has 0 saturated carbocycles. The number of aromatic nitrogens is 3. The summed E-state index contributed by atoms with van der Waals surface area (Å²) in [6.45, 7) is 3.72. The van der Waals surface area contributed by atoms with E-state index in [0.717, 1.165) is 4.70 Å². The number of halogens is 1. The lowest BCUT2D eigenvalue weighted by atomic mass is 10.2. The van der Waals surface area contributed by atoms with E-state index in [1.54, 1.807) is 49.3 Å². The molecule has 2 heterocycles. The van der Waals surface area contributed by atoms with Crippen molar-refractivity contribution in [1.82, 2.24) is 19.9 Å². The van der Waals surface area contributed by atoms with Gasteiger partial charge in [-0.2, -0.15) is 0 Å². The van der Waals surface area contributed by atoms with Crippen molar-refractivity contribution in [3.05, 3.63) is 47.0 Å². The fourth-order valence-corrected chi connectivity index (χ4v) is 3.50. The highest BCUT2D eigenvalue weighted by molar-refractivity contribution is 7.20. The predicted molar refractivity (Wildman–Crippen MR) is 99.3 cm³/mol. The lowest BCUT2D eigenvalue weighted by Gasteiger charge is -2.19. The van der Waals surface area contributed by atoms with Gasteiger partial charge in [0.05, 0.1) is 28.7 Å². The van der Waals surface area contributed by atoms with E-state index >= 15 is 0 Å². The van der Waals surface area contributed by atoms with Crippen LogP contribution in [0.4, 0.5) is 0 Å². The molecular weight excluding hydrogens is 376 g/mol. The first-order chi connectivity index (χ1) is 12.4. The topological polar surface area (TPSA) is 86.1 Å². The molecule has 0 aliphatic rings. The van der Waals surface area contributed by atoms with Crippen LogP contribution in [0, 0.1) is 0 Å². The fraction of sp³-hybridized carbons (Fsp3) is 0.294. The highest BCUT2D eigenvalue weighted by atomic mass is 35.5. The number of hydrogen-bond donors (Lipinski definition) is 1. The molecule has 136 valence electrons. The number of hydrogen-bond acceptors (Lipinski definition) is 6. The molecule has 3 aromatic rings. The molecule has 3 rings (SSSR count). The molecule has 0 bridgehead atoms. The third-order valence-electron chi connectivity index (χ3n) is 3.46. The molecule has 7 nitrogen and oxygen atoms in total. The first-order valence-electron chi connectivity index (χ1n) is 7.96. The Hall–Kier alpha value is -2.45. The number of rotatable bonds is 6. The monoisotopic (exact) mass is 392 g/mol. The van der Waals surface area contributed by atoms with E-state index in [-0.39, 0.29) is 17.7 Å². The van der Waals surface area contributed by atoms with Crippen LogP contribution in [-0.2, 0) is 16.1 Å². The SMILES string of the molecule is CC(C)OC(=O)C(Cn1ccnc1)NC(=O)c1nc2c(Cl)cccc2s1. The molecule has 0 spiro atoms. The maximum absolute atomic E-state index is 12.6. The first-order valence-corrected chi connectivity index (χ1v) is 9.15. The van der Waals surface area contributed by atoms with E-state index in [1.165, 1.54) is 11.3 Å². The van der Waals surface area contributed by atoms with E-state index < -0.39 is 17.9 Å². The second-order valence-corrected chi connectivity index (χ2v) is 7.31. The molecule has 1 atom stereocenters. The molecule has 0 fully saturated rings. The number of benzene rings is 1. The van der Waals surface area contributed by atoms with Gasteiger partial charge in [0.25, 0.3) is 5.91 Å². The Bertz CT molecular complexity index is 923. The number of imidazole rings is 1. The van der Waals surface area contributed by atoms with Crippen molar-refractivity contribution in [3.8, 4) is 0 Å². The number of carbonyl (C=O) groups is 2. The van der Waals surface area contributed by atoms with Gasteiger partial charge in [0.2, 0.25) is 0 Å². The van der Waals surface area contributed by atoms with Gasteiger partial charge in [-0.1, -0.05) is 17.7 Å². The number of thiazole rings is 1. The van der Waals surface area contributed by atoms with Gasteiger partial charge in [-0.3, -0.25) is 4.79 Å². The molecule has 0 aliphatic heterocycles. The van der Waals surface area contributed by atoms with Crippen LogP contribution in [-0.4, -0.2) is 38.6 Å². The Morgan fingerprint density at radius 3 is 2.85 bits per heavy atom. The van der Waals surface area contributed by atoms with Crippen LogP contribution in [0.2, 0.25) is 5.02 Å². The van der Waals surface area contributed by atoms with Gasteiger partial charge in [0, 0.05) is 12.4 Å². The van der Waals surface area contributed by atoms with Gasteiger partial charge >= 0.3 is 5.97 Å². The van der Waals surface area contributed by atoms with Crippen LogP contribution in [0.15, 0.2) is 36.9 Å². The van der Waals surface area contributed by atoms with Crippen molar-refractivity contribution in [3.63, 3.8) is 0 Å². The van der Waals surface area contributed by atoms with E-state index in [0.29, 0.717) is 10.5 Å². The summed E-state index contributed by atoms with van der Waals surface area (Å²) in [6, 6.07) is 4.49. The number of ether oxygens (including phenoxy) is 1. The van der Waals surface area contributed by atoms with Gasteiger partial charge in [-0.05, 0) is 26.0 Å². The van der Waals surface area contributed by atoms with Crippen LogP contribution < -0.4 is 5.32 Å². The third kappa shape index (κ3) is 4.20. The normalized spacial score (nSPS) is 12.3. The summed E-state index contributed by atoms with van der Waals surface area (Å²) >= 11 is 7.33. The van der Waals surface area contributed by atoms with E-state index in [2.05, 4.69) is 15.3 Å². The molecule has 1 N–H and O–H groups in total. The quantitative estimate of drug-likeness (QED) is 0.652. The number of fused-ring (bicyclic) bond motifs is 1. The molecule has 26 heavy (non-hydrogen) atoms. The highest BCUT2D eigenvalue weighted by Crippen LogP contribution is 2.27. The summed E-state index contributed by atoms with van der Waals surface area (Å²) < 4.78 is 7.75. The maximum atomic E-state index is 12.6. The Morgan fingerprint density at radius 2 is 2.19 bits per heavy atom. The lowest BCUT2D eigenvalue weighted by molar-refractivity contribution is -0.150. The second-order valence-electron chi connectivity index (χ2n) is 5.88. The summed E-state index contributed by atoms with van der Waals surface area (Å²) in [7, 11) is 0. The molecule has 1 amide bonds. The van der Waals surface area contributed by atoms with Crippen LogP contribution in [0.3, 0.4) is 0 Å². The highest BCUT2D eigenvalue weighted by Gasteiger charge is 2.26. The third-order valence-corrected chi connectivity index (χ3v) is 4.78. The molecule has 0 aliphatic carbocycles. The van der Waals surface area contributed by atoms with E-state index in [9.17, 15) is 9.59 Å². The predicted octanol–water partition coefficient (Wildman–Crippen LogP) is 2.90. The number of para-hydroxylation sites is 1. The molecule has 9 heteroatoms. The summed E-state index contributed by atoms with van der Waals surface area (Å²) in [5.41, 5.74) is 0.570. The van der Waals surface area contributed by atoms with Gasteiger partial charge in [0.1, 0.15) is 11.6 Å². The molecule has 1 unspecified atom stereocenters. The zero-order valence-electron chi connectivity index (χ0n) is 14.2.